The minimum atomic E-state index is -0.243. The van der Waals surface area contributed by atoms with Crippen molar-refractivity contribution < 1.29 is 4.79 Å². The molecular formula is C17H23NO. The Morgan fingerprint density at radius 1 is 1.05 bits per heavy atom. The van der Waals surface area contributed by atoms with Crippen molar-refractivity contribution in [2.75, 3.05) is 14.1 Å². The predicted octanol–water partition coefficient (Wildman–Crippen LogP) is 3.23. The highest BCUT2D eigenvalue weighted by Gasteiger charge is 2.43. The maximum absolute atomic E-state index is 13.0. The van der Waals surface area contributed by atoms with Crippen molar-refractivity contribution in [2.24, 2.45) is 0 Å². The summed E-state index contributed by atoms with van der Waals surface area (Å²) in [5, 5.41) is 0. The van der Waals surface area contributed by atoms with Crippen LogP contribution in [-0.4, -0.2) is 30.3 Å². The fourth-order valence-electron chi connectivity index (χ4n) is 3.82. The van der Waals surface area contributed by atoms with Gasteiger partial charge in [-0.3, -0.25) is 9.69 Å². The van der Waals surface area contributed by atoms with Crippen molar-refractivity contribution in [3.8, 4) is 0 Å². The maximum atomic E-state index is 13.0. The number of hydrogen-bond donors (Lipinski definition) is 0. The third kappa shape index (κ3) is 2.02. The molecule has 0 saturated heterocycles. The van der Waals surface area contributed by atoms with Crippen molar-refractivity contribution in [1.29, 1.82) is 0 Å². The number of rotatable bonds is 3. The van der Waals surface area contributed by atoms with E-state index in [4.69, 9.17) is 0 Å². The van der Waals surface area contributed by atoms with E-state index in [0.717, 1.165) is 24.8 Å². The maximum Gasteiger partial charge on any atom is 0.183 e. The smallest absolute Gasteiger partial charge is 0.183 e. The Hall–Kier alpha value is -1.15. The van der Waals surface area contributed by atoms with E-state index in [1.54, 1.807) is 0 Å². The second-order valence-electron chi connectivity index (χ2n) is 6.30. The Morgan fingerprint density at radius 3 is 2.42 bits per heavy atom. The molecule has 0 bridgehead atoms. The van der Waals surface area contributed by atoms with Gasteiger partial charge in [0.2, 0.25) is 0 Å². The van der Waals surface area contributed by atoms with Gasteiger partial charge >= 0.3 is 0 Å². The van der Waals surface area contributed by atoms with Crippen molar-refractivity contribution in [3.63, 3.8) is 0 Å². The molecule has 102 valence electrons. The first kappa shape index (κ1) is 12.9. The van der Waals surface area contributed by atoms with Crippen LogP contribution in [0.1, 0.15) is 53.6 Å². The molecule has 2 aliphatic rings. The summed E-state index contributed by atoms with van der Waals surface area (Å²) in [6.07, 6.45) is 7.94. The second kappa shape index (κ2) is 4.75. The van der Waals surface area contributed by atoms with Crippen molar-refractivity contribution in [2.45, 2.75) is 50.5 Å². The Bertz CT molecular complexity index is 498. The summed E-state index contributed by atoms with van der Waals surface area (Å²) in [5.41, 5.74) is 3.53. The van der Waals surface area contributed by atoms with Crippen LogP contribution >= 0.6 is 0 Å². The van der Waals surface area contributed by atoms with Crippen LogP contribution in [0.3, 0.4) is 0 Å². The molecule has 1 aromatic rings. The van der Waals surface area contributed by atoms with Gasteiger partial charge < -0.3 is 0 Å². The fraction of sp³-hybridized carbons (Fsp3) is 0.588. The number of nitrogens with zero attached hydrogens (tertiary/aromatic N) is 1. The van der Waals surface area contributed by atoms with Gasteiger partial charge in [-0.25, -0.2) is 0 Å². The number of Topliss-reactive ketones (excluding diaryl/α,β-unsaturated/α-hetero) is 1. The molecule has 1 aromatic carbocycles. The van der Waals surface area contributed by atoms with Gasteiger partial charge in [-0.2, -0.15) is 0 Å². The average molecular weight is 257 g/mol. The minimum absolute atomic E-state index is 0.243. The zero-order chi connectivity index (χ0) is 13.5. The van der Waals surface area contributed by atoms with Gasteiger partial charge in [0.15, 0.2) is 5.78 Å². The van der Waals surface area contributed by atoms with Crippen LogP contribution in [0.2, 0.25) is 0 Å². The summed E-state index contributed by atoms with van der Waals surface area (Å²) in [7, 11) is 4.10. The average Bonchev–Trinajstić information content (AvgIpc) is 3.06. The fourth-order valence-corrected chi connectivity index (χ4v) is 3.82. The molecule has 0 amide bonds. The molecule has 19 heavy (non-hydrogen) atoms. The Morgan fingerprint density at radius 2 is 1.74 bits per heavy atom. The normalized spacial score (nSPS) is 20.8. The lowest BCUT2D eigenvalue weighted by Crippen LogP contribution is -2.48. The highest BCUT2D eigenvalue weighted by molar-refractivity contribution is 6.03. The summed E-state index contributed by atoms with van der Waals surface area (Å²) >= 11 is 0. The molecule has 0 N–H and O–H groups in total. The van der Waals surface area contributed by atoms with Gasteiger partial charge in [0, 0.05) is 5.56 Å². The van der Waals surface area contributed by atoms with Crippen molar-refractivity contribution >= 4 is 5.78 Å². The van der Waals surface area contributed by atoms with Crippen LogP contribution in [0, 0.1) is 0 Å². The summed E-state index contributed by atoms with van der Waals surface area (Å²) in [6.45, 7) is 0. The van der Waals surface area contributed by atoms with E-state index >= 15 is 0 Å². The number of carbonyl (C=O) groups is 1. The standard InChI is InChI=1S/C17H23NO/c1-18(2)17(10-3-4-11-17)16(19)15-9-8-13-6-5-7-14(13)12-15/h8-9,12H,3-7,10-11H2,1-2H3. The van der Waals surface area contributed by atoms with Crippen molar-refractivity contribution in [1.82, 2.24) is 4.90 Å². The summed E-state index contributed by atoms with van der Waals surface area (Å²) in [4.78, 5) is 15.1. The Kier molecular flexibility index (Phi) is 3.22. The van der Waals surface area contributed by atoms with E-state index in [9.17, 15) is 4.79 Å². The van der Waals surface area contributed by atoms with Gasteiger partial charge in [-0.1, -0.05) is 25.0 Å². The molecule has 0 unspecified atom stereocenters. The number of ketones is 1. The SMILES string of the molecule is CN(C)C1(C(=O)c2ccc3c(c2)CCC3)CCCC1. The lowest BCUT2D eigenvalue weighted by atomic mass is 9.85. The molecule has 0 aliphatic heterocycles. The molecule has 2 heteroatoms. The molecule has 0 heterocycles. The largest absolute Gasteiger partial charge is 0.297 e. The number of benzene rings is 1. The number of likely N-dealkylation sites (N-methyl/N-ethyl adjacent to an activating group) is 1. The van der Waals surface area contributed by atoms with E-state index in [2.05, 4.69) is 37.2 Å². The van der Waals surface area contributed by atoms with E-state index in [0.29, 0.717) is 5.78 Å². The molecule has 1 fully saturated rings. The third-order valence-corrected chi connectivity index (χ3v) is 5.07. The molecule has 0 radical (unpaired) electrons. The van der Waals surface area contributed by atoms with Crippen LogP contribution in [0.25, 0.3) is 0 Å². The van der Waals surface area contributed by atoms with Crippen LogP contribution in [-0.2, 0) is 12.8 Å². The molecule has 0 spiro atoms. The summed E-state index contributed by atoms with van der Waals surface area (Å²) in [6, 6.07) is 6.39. The van der Waals surface area contributed by atoms with Crippen LogP contribution in [0.15, 0.2) is 18.2 Å². The number of hydrogen-bond acceptors (Lipinski definition) is 2. The quantitative estimate of drug-likeness (QED) is 0.775. The van der Waals surface area contributed by atoms with Gasteiger partial charge in [0.1, 0.15) is 0 Å². The molecule has 3 rings (SSSR count). The summed E-state index contributed by atoms with van der Waals surface area (Å²) in [5.74, 6) is 0.338. The van der Waals surface area contributed by atoms with Crippen molar-refractivity contribution in [3.05, 3.63) is 34.9 Å². The topological polar surface area (TPSA) is 20.3 Å². The highest BCUT2D eigenvalue weighted by atomic mass is 16.1. The molecule has 2 nitrogen and oxygen atoms in total. The second-order valence-corrected chi connectivity index (χ2v) is 6.30. The van der Waals surface area contributed by atoms with E-state index < -0.39 is 0 Å². The first-order valence-electron chi connectivity index (χ1n) is 7.47. The summed E-state index contributed by atoms with van der Waals surface area (Å²) < 4.78 is 0. The monoisotopic (exact) mass is 257 g/mol. The Balaban J connectivity index is 1.95. The van der Waals surface area contributed by atoms with Gasteiger partial charge in [-0.05, 0) is 63.4 Å². The van der Waals surface area contributed by atoms with Crippen LogP contribution in [0.5, 0.6) is 0 Å². The number of carbonyl (C=O) groups excluding carboxylic acids is 1. The zero-order valence-electron chi connectivity index (χ0n) is 12.0. The lowest BCUT2D eigenvalue weighted by Gasteiger charge is -2.34. The van der Waals surface area contributed by atoms with Gasteiger partial charge in [0.05, 0.1) is 5.54 Å². The highest BCUT2D eigenvalue weighted by Crippen LogP contribution is 2.37. The van der Waals surface area contributed by atoms with Gasteiger partial charge in [0.25, 0.3) is 0 Å². The predicted molar refractivity (Wildman–Crippen MR) is 77.7 cm³/mol. The molecule has 2 aliphatic carbocycles. The molecular weight excluding hydrogens is 234 g/mol. The first-order valence-corrected chi connectivity index (χ1v) is 7.47. The van der Waals surface area contributed by atoms with Crippen LogP contribution < -0.4 is 0 Å². The van der Waals surface area contributed by atoms with E-state index in [-0.39, 0.29) is 5.54 Å². The molecule has 1 saturated carbocycles. The number of aryl methyl sites for hydroxylation is 2. The minimum Gasteiger partial charge on any atom is -0.297 e. The zero-order valence-corrected chi connectivity index (χ0v) is 12.0. The third-order valence-electron chi connectivity index (χ3n) is 5.07. The molecule has 0 atom stereocenters. The van der Waals surface area contributed by atoms with Crippen LogP contribution in [0.4, 0.5) is 0 Å². The Labute approximate surface area is 115 Å². The van der Waals surface area contributed by atoms with E-state index in [1.807, 2.05) is 0 Å². The number of fused-ring (bicyclic) bond motifs is 1. The first-order chi connectivity index (χ1) is 9.13. The van der Waals surface area contributed by atoms with E-state index in [1.165, 1.54) is 36.8 Å². The van der Waals surface area contributed by atoms with Gasteiger partial charge in [-0.15, -0.1) is 0 Å². The lowest BCUT2D eigenvalue weighted by molar-refractivity contribution is 0.0693. The molecule has 0 aromatic heterocycles.